The van der Waals surface area contributed by atoms with Gasteiger partial charge in [-0.2, -0.15) is 0 Å². The summed E-state index contributed by atoms with van der Waals surface area (Å²) in [5, 5.41) is 0. The lowest BCUT2D eigenvalue weighted by atomic mass is 9.51. The molecule has 4 aliphatic rings. The van der Waals surface area contributed by atoms with Crippen molar-refractivity contribution in [3.8, 4) is 0 Å². The fraction of sp³-hybridized carbons (Fsp3) is 0.688. The Hall–Kier alpha value is -2.95. The van der Waals surface area contributed by atoms with Gasteiger partial charge in [0, 0.05) is 12.4 Å². The van der Waals surface area contributed by atoms with Gasteiger partial charge in [0.25, 0.3) is 0 Å². The molecule has 0 radical (unpaired) electrons. The van der Waals surface area contributed by atoms with Crippen molar-refractivity contribution in [1.29, 1.82) is 0 Å². The number of nitrogens with zero attached hydrogens (tertiary/aromatic N) is 1. The van der Waals surface area contributed by atoms with E-state index in [2.05, 4.69) is 80.5 Å². The minimum atomic E-state index is -0.284. The summed E-state index contributed by atoms with van der Waals surface area (Å²) in [5.41, 5.74) is 4.81. The van der Waals surface area contributed by atoms with E-state index in [9.17, 15) is 9.59 Å². The van der Waals surface area contributed by atoms with E-state index in [1.807, 2.05) is 6.20 Å². The lowest BCUT2D eigenvalue weighted by Gasteiger charge is -2.53. The number of esters is 2. The van der Waals surface area contributed by atoms with Crippen LogP contribution in [0.5, 0.6) is 0 Å². The Kier molecular flexibility index (Phi) is 16.5. The molecule has 0 N–H and O–H groups in total. The molecule has 5 nitrogen and oxygen atoms in total. The van der Waals surface area contributed by atoms with Crippen molar-refractivity contribution in [2.24, 2.45) is 28.6 Å². The quantitative estimate of drug-likeness (QED) is 0.0760. The first-order valence-electron chi connectivity index (χ1n) is 21.8. The molecular formula is C48H71NO4. The lowest BCUT2D eigenvalue weighted by molar-refractivity contribution is -0.154. The van der Waals surface area contributed by atoms with Crippen molar-refractivity contribution in [3.63, 3.8) is 0 Å². The average molecular weight is 726 g/mol. The molecule has 5 heteroatoms. The third kappa shape index (κ3) is 11.5. The highest BCUT2D eigenvalue weighted by Gasteiger charge is 2.55. The van der Waals surface area contributed by atoms with Gasteiger partial charge in [-0.15, -0.1) is 0 Å². The molecule has 1 aromatic rings. The minimum Gasteiger partial charge on any atom is -0.466 e. The molecule has 53 heavy (non-hydrogen) atoms. The molecule has 0 amide bonds. The van der Waals surface area contributed by atoms with Crippen molar-refractivity contribution >= 4 is 17.5 Å². The second kappa shape index (κ2) is 21.2. The second-order valence-electron chi connectivity index (χ2n) is 17.1. The number of allylic oxidation sites excluding steroid dienone is 8. The zero-order valence-electron chi connectivity index (χ0n) is 33.6. The zero-order chi connectivity index (χ0) is 37.4. The van der Waals surface area contributed by atoms with E-state index in [1.165, 1.54) is 88.2 Å². The normalized spacial score (nSPS) is 28.4. The molecule has 0 spiro atoms. The van der Waals surface area contributed by atoms with Gasteiger partial charge in [0.15, 0.2) is 0 Å². The second-order valence-corrected chi connectivity index (χ2v) is 17.1. The van der Waals surface area contributed by atoms with Crippen LogP contribution in [0, 0.1) is 28.6 Å². The van der Waals surface area contributed by atoms with Gasteiger partial charge < -0.3 is 9.47 Å². The summed E-state index contributed by atoms with van der Waals surface area (Å²) in [5.74, 6) is 1.52. The summed E-state index contributed by atoms with van der Waals surface area (Å²) < 4.78 is 11.5. The first kappa shape index (κ1) is 41.2. The smallest absolute Gasteiger partial charge is 0.306 e. The van der Waals surface area contributed by atoms with Crippen molar-refractivity contribution in [2.45, 2.75) is 175 Å². The largest absolute Gasteiger partial charge is 0.466 e. The number of ether oxygens (including phenoxy) is 2. The molecule has 292 valence electrons. The molecule has 1 heterocycles. The zero-order valence-corrected chi connectivity index (χ0v) is 33.6. The van der Waals surface area contributed by atoms with E-state index in [0.29, 0.717) is 24.4 Å². The summed E-state index contributed by atoms with van der Waals surface area (Å²) in [6.07, 6.45) is 42.6. The van der Waals surface area contributed by atoms with Crippen LogP contribution in [0.15, 0.2) is 66.6 Å². The predicted molar refractivity (Wildman–Crippen MR) is 218 cm³/mol. The van der Waals surface area contributed by atoms with Crippen LogP contribution < -0.4 is 0 Å². The molecule has 4 aliphatic carbocycles. The molecule has 2 fully saturated rings. The van der Waals surface area contributed by atoms with Crippen LogP contribution in [-0.4, -0.2) is 29.6 Å². The van der Waals surface area contributed by atoms with Gasteiger partial charge in [-0.1, -0.05) is 107 Å². The van der Waals surface area contributed by atoms with Crippen molar-refractivity contribution in [2.75, 3.05) is 6.61 Å². The van der Waals surface area contributed by atoms with Crippen LogP contribution in [0.25, 0.3) is 5.57 Å². The summed E-state index contributed by atoms with van der Waals surface area (Å²) in [6.45, 7) is 7.75. The molecule has 5 unspecified atom stereocenters. The fourth-order valence-corrected chi connectivity index (χ4v) is 10.5. The highest BCUT2D eigenvalue weighted by Crippen LogP contribution is 2.65. The van der Waals surface area contributed by atoms with Gasteiger partial charge in [-0.25, -0.2) is 0 Å². The van der Waals surface area contributed by atoms with E-state index >= 15 is 0 Å². The summed E-state index contributed by atoms with van der Waals surface area (Å²) in [6, 6.07) is 4.31. The standard InChI is InChI=1S/C48H71NO4/c1-4-5-6-7-8-9-10-11-12-13-14-15-16-17-18-19-36-52-45(50)29-30-46(51)53-40-26-25-39-23-20-24-41-43-28-27-42(38-22-21-35-49-37-38)48(43,3)34-32-44(41)47(39,2)33-31-40/h8-9,11-12,21-23,27,35,37,40-41,43-44H,4-7,10,13-20,24-26,28-34,36H2,1-3H3/b9-8-,12-11-/t40?,41?,43-,44?,47?,48?/m0/s1. The molecule has 0 aliphatic heterocycles. The number of pyridine rings is 1. The Morgan fingerprint density at radius 1 is 0.811 bits per heavy atom. The topological polar surface area (TPSA) is 65.5 Å². The Bertz CT molecular complexity index is 1410. The predicted octanol–water partition coefficient (Wildman–Crippen LogP) is 12.9. The summed E-state index contributed by atoms with van der Waals surface area (Å²) in [4.78, 5) is 29.7. The molecule has 5 rings (SSSR count). The van der Waals surface area contributed by atoms with Gasteiger partial charge >= 0.3 is 11.9 Å². The van der Waals surface area contributed by atoms with Crippen LogP contribution in [0.2, 0.25) is 0 Å². The Morgan fingerprint density at radius 2 is 1.55 bits per heavy atom. The monoisotopic (exact) mass is 726 g/mol. The van der Waals surface area contributed by atoms with E-state index < -0.39 is 0 Å². The summed E-state index contributed by atoms with van der Waals surface area (Å²) in [7, 11) is 0. The molecule has 0 bridgehead atoms. The number of fused-ring (bicyclic) bond motifs is 5. The third-order valence-corrected chi connectivity index (χ3v) is 13.6. The maximum Gasteiger partial charge on any atom is 0.306 e. The fourth-order valence-electron chi connectivity index (χ4n) is 10.5. The lowest BCUT2D eigenvalue weighted by Crippen LogP contribution is -2.45. The van der Waals surface area contributed by atoms with Crippen LogP contribution in [0.1, 0.15) is 174 Å². The maximum atomic E-state index is 12.9. The number of unbranched alkanes of at least 4 members (excludes halogenated alkanes) is 9. The van der Waals surface area contributed by atoms with Crippen molar-refractivity contribution in [1.82, 2.24) is 4.98 Å². The highest BCUT2D eigenvalue weighted by atomic mass is 16.5. The number of hydrogen-bond acceptors (Lipinski definition) is 5. The van der Waals surface area contributed by atoms with Crippen LogP contribution in [0.3, 0.4) is 0 Å². The molecular weight excluding hydrogens is 655 g/mol. The number of carbonyl (C=O) groups excluding carboxylic acids is 2. The van der Waals surface area contributed by atoms with Gasteiger partial charge in [0.1, 0.15) is 6.10 Å². The maximum absolute atomic E-state index is 12.9. The Morgan fingerprint density at radius 3 is 2.32 bits per heavy atom. The van der Waals surface area contributed by atoms with Gasteiger partial charge in [-0.05, 0) is 142 Å². The minimum absolute atomic E-state index is 0.0703. The molecule has 1 aromatic heterocycles. The van der Waals surface area contributed by atoms with Gasteiger partial charge in [0.2, 0.25) is 0 Å². The molecule has 6 atom stereocenters. The van der Waals surface area contributed by atoms with Crippen LogP contribution >= 0.6 is 0 Å². The highest BCUT2D eigenvalue weighted by molar-refractivity contribution is 5.77. The number of rotatable bonds is 20. The van der Waals surface area contributed by atoms with Gasteiger partial charge in [-0.3, -0.25) is 14.6 Å². The first-order valence-corrected chi connectivity index (χ1v) is 21.8. The first-order chi connectivity index (χ1) is 25.8. The van der Waals surface area contributed by atoms with E-state index in [0.717, 1.165) is 57.8 Å². The number of aromatic nitrogens is 1. The van der Waals surface area contributed by atoms with Crippen LogP contribution in [0.4, 0.5) is 0 Å². The average Bonchev–Trinajstić information content (AvgIpc) is 3.35. The number of hydrogen-bond donors (Lipinski definition) is 0. The van der Waals surface area contributed by atoms with E-state index in [-0.39, 0.29) is 41.7 Å². The van der Waals surface area contributed by atoms with E-state index in [4.69, 9.17) is 9.47 Å². The van der Waals surface area contributed by atoms with Gasteiger partial charge in [0.05, 0.1) is 19.4 Å². The molecule has 0 aromatic carbocycles. The van der Waals surface area contributed by atoms with Crippen molar-refractivity contribution < 1.29 is 19.1 Å². The SMILES string of the molecule is CCCCC/C=C\C/C=C\CCCCCCCCOC(=O)CCC(=O)OC1CCC2=CCCC3C(CCC4(C)C(c5cccnc5)=CC[C@@H]34)C2(C)CC1. The Balaban J connectivity index is 0.942. The third-order valence-electron chi connectivity index (χ3n) is 13.6. The molecule has 0 saturated heterocycles. The van der Waals surface area contributed by atoms with E-state index in [1.54, 1.807) is 5.57 Å². The number of carbonyl (C=O) groups is 2. The molecule has 2 saturated carbocycles. The summed E-state index contributed by atoms with van der Waals surface area (Å²) >= 11 is 0. The Labute approximate surface area is 322 Å². The van der Waals surface area contributed by atoms with Crippen LogP contribution in [-0.2, 0) is 19.1 Å². The van der Waals surface area contributed by atoms with Crippen molar-refractivity contribution in [3.05, 3.63) is 72.1 Å².